The summed E-state index contributed by atoms with van der Waals surface area (Å²) in [6.45, 7) is 4.46. The Morgan fingerprint density at radius 3 is 2.74 bits per heavy atom. The number of para-hydroxylation sites is 1. The van der Waals surface area contributed by atoms with Gasteiger partial charge >= 0.3 is 0 Å². The first-order valence-corrected chi connectivity index (χ1v) is 7.10. The van der Waals surface area contributed by atoms with E-state index in [1.54, 1.807) is 11.3 Å². The molecular formula is C16H16O2S. The van der Waals surface area contributed by atoms with E-state index in [1.807, 2.05) is 55.6 Å². The Balaban J connectivity index is 2.16. The van der Waals surface area contributed by atoms with Gasteiger partial charge in [0, 0.05) is 6.61 Å². The van der Waals surface area contributed by atoms with E-state index in [0.29, 0.717) is 6.61 Å². The molecule has 2 aromatic rings. The van der Waals surface area contributed by atoms with Crippen molar-refractivity contribution in [2.45, 2.75) is 20.1 Å². The van der Waals surface area contributed by atoms with Crippen LogP contribution in [-0.2, 0) is 4.74 Å². The third-order valence-corrected chi connectivity index (χ3v) is 3.21. The second kappa shape index (κ2) is 6.98. The number of thiophene rings is 1. The first-order chi connectivity index (χ1) is 9.29. The Hall–Kier alpha value is -1.76. The van der Waals surface area contributed by atoms with E-state index in [9.17, 15) is 0 Å². The van der Waals surface area contributed by atoms with Crippen LogP contribution >= 0.6 is 11.3 Å². The van der Waals surface area contributed by atoms with Crippen molar-refractivity contribution >= 4 is 11.3 Å². The Bertz CT molecular complexity index is 564. The zero-order chi connectivity index (χ0) is 13.5. The van der Waals surface area contributed by atoms with Crippen molar-refractivity contribution in [2.24, 2.45) is 0 Å². The van der Waals surface area contributed by atoms with E-state index in [2.05, 4.69) is 11.8 Å². The fraction of sp³-hybridized carbons (Fsp3) is 0.250. The molecule has 2 rings (SSSR count). The van der Waals surface area contributed by atoms with Crippen LogP contribution in [0.1, 0.15) is 24.3 Å². The van der Waals surface area contributed by atoms with Crippen molar-refractivity contribution in [3.8, 4) is 17.6 Å². The summed E-state index contributed by atoms with van der Waals surface area (Å²) in [7, 11) is 0. The van der Waals surface area contributed by atoms with Gasteiger partial charge in [0.2, 0.25) is 0 Å². The highest BCUT2D eigenvalue weighted by atomic mass is 32.1. The van der Waals surface area contributed by atoms with E-state index in [1.165, 1.54) is 0 Å². The van der Waals surface area contributed by atoms with Gasteiger partial charge in [-0.1, -0.05) is 30.0 Å². The number of hydrogen-bond donors (Lipinski definition) is 0. The average Bonchev–Trinajstić information content (AvgIpc) is 2.91. The molecule has 0 radical (unpaired) electrons. The molecule has 0 aliphatic rings. The van der Waals surface area contributed by atoms with Crippen LogP contribution in [0.3, 0.4) is 0 Å². The summed E-state index contributed by atoms with van der Waals surface area (Å²) in [6.07, 6.45) is -0.269. The van der Waals surface area contributed by atoms with E-state index < -0.39 is 0 Å². The Kier molecular flexibility index (Phi) is 5.02. The lowest BCUT2D eigenvalue weighted by atomic mass is 10.2. The standard InChI is InChI=1S/C16H16O2S/c1-3-17-13(2)18-16-9-5-4-7-14(16)10-11-15-8-6-12-19-15/h4-9,12-13H,3H2,1-2H3. The van der Waals surface area contributed by atoms with Crippen molar-refractivity contribution in [3.05, 3.63) is 52.2 Å². The summed E-state index contributed by atoms with van der Waals surface area (Å²) < 4.78 is 11.1. The van der Waals surface area contributed by atoms with Gasteiger partial charge in [-0.05, 0) is 37.4 Å². The highest BCUT2D eigenvalue weighted by Crippen LogP contribution is 2.19. The van der Waals surface area contributed by atoms with Crippen LogP contribution in [0.15, 0.2) is 41.8 Å². The van der Waals surface area contributed by atoms with Gasteiger partial charge in [0.25, 0.3) is 0 Å². The number of benzene rings is 1. The van der Waals surface area contributed by atoms with Crippen molar-refractivity contribution in [1.82, 2.24) is 0 Å². The molecule has 98 valence electrons. The maximum Gasteiger partial charge on any atom is 0.197 e. The first kappa shape index (κ1) is 13.7. The number of rotatable bonds is 4. The lowest BCUT2D eigenvalue weighted by Crippen LogP contribution is -2.16. The van der Waals surface area contributed by atoms with Gasteiger partial charge in [0.15, 0.2) is 6.29 Å². The fourth-order valence-electron chi connectivity index (χ4n) is 1.60. The van der Waals surface area contributed by atoms with Crippen molar-refractivity contribution in [1.29, 1.82) is 0 Å². The van der Waals surface area contributed by atoms with Crippen LogP contribution in [-0.4, -0.2) is 12.9 Å². The SMILES string of the molecule is CCOC(C)Oc1ccccc1C#Cc1cccs1. The molecule has 0 bridgehead atoms. The van der Waals surface area contributed by atoms with Crippen LogP contribution in [0.4, 0.5) is 0 Å². The Morgan fingerprint density at radius 1 is 1.16 bits per heavy atom. The van der Waals surface area contributed by atoms with Crippen molar-refractivity contribution < 1.29 is 9.47 Å². The summed E-state index contributed by atoms with van der Waals surface area (Å²) in [5.41, 5.74) is 0.877. The van der Waals surface area contributed by atoms with E-state index in [0.717, 1.165) is 16.2 Å². The van der Waals surface area contributed by atoms with Gasteiger partial charge in [0.1, 0.15) is 5.75 Å². The molecular weight excluding hydrogens is 256 g/mol. The first-order valence-electron chi connectivity index (χ1n) is 6.22. The maximum atomic E-state index is 5.73. The minimum atomic E-state index is -0.269. The van der Waals surface area contributed by atoms with Crippen LogP contribution in [0.5, 0.6) is 5.75 Å². The molecule has 0 N–H and O–H groups in total. The largest absolute Gasteiger partial charge is 0.464 e. The summed E-state index contributed by atoms with van der Waals surface area (Å²) in [5.74, 6) is 7.03. The molecule has 0 saturated carbocycles. The van der Waals surface area contributed by atoms with Crippen LogP contribution < -0.4 is 4.74 Å². The highest BCUT2D eigenvalue weighted by molar-refractivity contribution is 7.10. The van der Waals surface area contributed by atoms with Crippen molar-refractivity contribution in [3.63, 3.8) is 0 Å². The summed E-state index contributed by atoms with van der Waals surface area (Å²) >= 11 is 1.63. The minimum Gasteiger partial charge on any atom is -0.464 e. The molecule has 0 spiro atoms. The van der Waals surface area contributed by atoms with E-state index in [-0.39, 0.29) is 6.29 Å². The molecule has 0 aliphatic carbocycles. The third kappa shape index (κ3) is 4.13. The topological polar surface area (TPSA) is 18.5 Å². The second-order valence-corrected chi connectivity index (χ2v) is 4.81. The molecule has 0 saturated heterocycles. The van der Waals surface area contributed by atoms with Crippen LogP contribution in [0.25, 0.3) is 0 Å². The Labute approximate surface area is 118 Å². The maximum absolute atomic E-state index is 5.73. The summed E-state index contributed by atoms with van der Waals surface area (Å²) in [4.78, 5) is 1.05. The lowest BCUT2D eigenvalue weighted by molar-refractivity contribution is -0.0614. The van der Waals surface area contributed by atoms with Gasteiger partial charge in [-0.15, -0.1) is 11.3 Å². The molecule has 3 heteroatoms. The number of ether oxygens (including phenoxy) is 2. The second-order valence-electron chi connectivity index (χ2n) is 3.86. The van der Waals surface area contributed by atoms with Crippen LogP contribution in [0, 0.1) is 11.8 Å². The monoisotopic (exact) mass is 272 g/mol. The lowest BCUT2D eigenvalue weighted by Gasteiger charge is -2.15. The van der Waals surface area contributed by atoms with Gasteiger partial charge < -0.3 is 9.47 Å². The summed E-state index contributed by atoms with van der Waals surface area (Å²) in [5, 5.41) is 2.02. The van der Waals surface area contributed by atoms with Crippen LogP contribution in [0.2, 0.25) is 0 Å². The molecule has 1 aromatic heterocycles. The molecule has 1 aromatic carbocycles. The zero-order valence-electron chi connectivity index (χ0n) is 11.1. The zero-order valence-corrected chi connectivity index (χ0v) is 11.9. The molecule has 1 unspecified atom stereocenters. The molecule has 1 heterocycles. The quantitative estimate of drug-likeness (QED) is 0.620. The molecule has 0 amide bonds. The molecule has 1 atom stereocenters. The molecule has 0 aliphatic heterocycles. The molecule has 19 heavy (non-hydrogen) atoms. The normalized spacial score (nSPS) is 11.5. The fourth-order valence-corrected chi connectivity index (χ4v) is 2.17. The Morgan fingerprint density at radius 2 is 2.00 bits per heavy atom. The van der Waals surface area contributed by atoms with E-state index in [4.69, 9.17) is 9.47 Å². The predicted octanol–water partition coefficient (Wildman–Crippen LogP) is 3.91. The summed E-state index contributed by atoms with van der Waals surface area (Å²) in [6, 6.07) is 11.8. The van der Waals surface area contributed by atoms with Gasteiger partial charge in [-0.3, -0.25) is 0 Å². The van der Waals surface area contributed by atoms with Gasteiger partial charge in [0.05, 0.1) is 10.4 Å². The smallest absolute Gasteiger partial charge is 0.197 e. The third-order valence-electron chi connectivity index (χ3n) is 2.42. The molecule has 2 nitrogen and oxygen atoms in total. The van der Waals surface area contributed by atoms with Gasteiger partial charge in [-0.25, -0.2) is 0 Å². The number of hydrogen-bond acceptors (Lipinski definition) is 3. The highest BCUT2D eigenvalue weighted by Gasteiger charge is 2.05. The molecule has 0 fully saturated rings. The van der Waals surface area contributed by atoms with Gasteiger partial charge in [-0.2, -0.15) is 0 Å². The average molecular weight is 272 g/mol. The predicted molar refractivity (Wildman–Crippen MR) is 78.5 cm³/mol. The minimum absolute atomic E-state index is 0.269. The van der Waals surface area contributed by atoms with E-state index >= 15 is 0 Å². The van der Waals surface area contributed by atoms with Crippen molar-refractivity contribution in [2.75, 3.05) is 6.61 Å².